The van der Waals surface area contributed by atoms with E-state index in [1.807, 2.05) is 6.92 Å². The lowest BCUT2D eigenvalue weighted by atomic mass is 10.4. The van der Waals surface area contributed by atoms with Gasteiger partial charge in [0.2, 0.25) is 0 Å². The van der Waals surface area contributed by atoms with Crippen LogP contribution in [0.5, 0.6) is 0 Å². The fourth-order valence-corrected chi connectivity index (χ4v) is 0.732. The second-order valence-electron chi connectivity index (χ2n) is 2.42. The van der Waals surface area contributed by atoms with Crippen molar-refractivity contribution in [3.63, 3.8) is 0 Å². The number of rotatable bonds is 6. The van der Waals surface area contributed by atoms with Crippen molar-refractivity contribution in [1.82, 2.24) is 5.06 Å². The summed E-state index contributed by atoms with van der Waals surface area (Å²) >= 11 is 0. The highest BCUT2D eigenvalue weighted by atomic mass is 16.7. The maximum absolute atomic E-state index is 11.0. The van der Waals surface area contributed by atoms with Gasteiger partial charge in [0.25, 0.3) is 5.91 Å². The molecule has 0 radical (unpaired) electrons. The molecule has 3 heteroatoms. The molecule has 0 aromatic heterocycles. The van der Waals surface area contributed by atoms with Crippen LogP contribution in [0.2, 0.25) is 0 Å². The van der Waals surface area contributed by atoms with Crippen molar-refractivity contribution in [3.8, 4) is 0 Å². The van der Waals surface area contributed by atoms with Crippen LogP contribution >= 0.6 is 0 Å². The highest BCUT2D eigenvalue weighted by Gasteiger charge is 2.06. The molecule has 0 saturated carbocycles. The Morgan fingerprint density at radius 2 is 2.25 bits per heavy atom. The van der Waals surface area contributed by atoms with Crippen LogP contribution in [0.1, 0.15) is 26.7 Å². The molecule has 0 atom stereocenters. The molecule has 0 aliphatic heterocycles. The largest absolute Gasteiger partial charge is 0.271 e. The molecule has 0 unspecified atom stereocenters. The topological polar surface area (TPSA) is 29.5 Å². The molecule has 70 valence electrons. The van der Waals surface area contributed by atoms with E-state index < -0.39 is 0 Å². The van der Waals surface area contributed by atoms with Crippen LogP contribution in [0.3, 0.4) is 0 Å². The zero-order valence-corrected chi connectivity index (χ0v) is 7.88. The predicted molar refractivity (Wildman–Crippen MR) is 48.4 cm³/mol. The van der Waals surface area contributed by atoms with Crippen molar-refractivity contribution >= 4 is 5.91 Å². The summed E-state index contributed by atoms with van der Waals surface area (Å²) in [7, 11) is 0. The van der Waals surface area contributed by atoms with Gasteiger partial charge in [-0.3, -0.25) is 9.63 Å². The van der Waals surface area contributed by atoms with E-state index in [1.54, 1.807) is 0 Å². The molecule has 0 N–H and O–H groups in total. The van der Waals surface area contributed by atoms with Crippen molar-refractivity contribution in [2.45, 2.75) is 26.7 Å². The summed E-state index contributed by atoms with van der Waals surface area (Å²) in [6, 6.07) is 0. The summed E-state index contributed by atoms with van der Waals surface area (Å²) in [5.74, 6) is -0.173. The van der Waals surface area contributed by atoms with E-state index >= 15 is 0 Å². The van der Waals surface area contributed by atoms with Crippen LogP contribution in [0, 0.1) is 0 Å². The molecule has 0 aliphatic carbocycles. The summed E-state index contributed by atoms with van der Waals surface area (Å²) in [5.41, 5.74) is 0. The van der Waals surface area contributed by atoms with E-state index in [1.165, 1.54) is 11.1 Å². The second-order valence-corrected chi connectivity index (χ2v) is 2.42. The first-order chi connectivity index (χ1) is 5.76. The van der Waals surface area contributed by atoms with E-state index in [4.69, 9.17) is 4.84 Å². The number of carbonyl (C=O) groups is 1. The first-order valence-electron chi connectivity index (χ1n) is 4.33. The minimum atomic E-state index is -0.173. The Morgan fingerprint density at radius 3 is 2.67 bits per heavy atom. The first kappa shape index (κ1) is 11.2. The Morgan fingerprint density at radius 1 is 1.58 bits per heavy atom. The number of carbonyl (C=O) groups excluding carboxylic acids is 1. The highest BCUT2D eigenvalue weighted by Crippen LogP contribution is 1.95. The molecule has 0 aromatic carbocycles. The molecule has 0 aliphatic rings. The molecule has 0 bridgehead atoms. The first-order valence-corrected chi connectivity index (χ1v) is 4.33. The quantitative estimate of drug-likeness (QED) is 0.346. The monoisotopic (exact) mass is 171 g/mol. The fraction of sp³-hybridized carbons (Fsp3) is 0.667. The van der Waals surface area contributed by atoms with Crippen LogP contribution in [0.15, 0.2) is 12.7 Å². The maximum atomic E-state index is 11.0. The Hall–Kier alpha value is -0.830. The minimum absolute atomic E-state index is 0.173. The normalized spacial score (nSPS) is 9.50. The molecule has 0 heterocycles. The van der Waals surface area contributed by atoms with Gasteiger partial charge in [-0.15, -0.1) is 0 Å². The SMILES string of the molecule is C=CC(=O)N(CC)OCCCC. The number of likely N-dealkylation sites (N-methyl/N-ethyl adjacent to an activating group) is 1. The van der Waals surface area contributed by atoms with Gasteiger partial charge in [0.05, 0.1) is 6.61 Å². The van der Waals surface area contributed by atoms with Crippen molar-refractivity contribution < 1.29 is 9.63 Å². The third-order valence-electron chi connectivity index (χ3n) is 1.45. The van der Waals surface area contributed by atoms with Crippen LogP contribution in [0.4, 0.5) is 0 Å². The summed E-state index contributed by atoms with van der Waals surface area (Å²) < 4.78 is 0. The Labute approximate surface area is 74.0 Å². The zero-order valence-electron chi connectivity index (χ0n) is 7.88. The van der Waals surface area contributed by atoms with Gasteiger partial charge in [0, 0.05) is 6.54 Å². The standard InChI is InChI=1S/C9H17NO2/c1-4-7-8-12-10(6-3)9(11)5-2/h5H,2,4,6-8H2,1,3H3. The van der Waals surface area contributed by atoms with Gasteiger partial charge in [0.15, 0.2) is 0 Å². The van der Waals surface area contributed by atoms with E-state index in [0.717, 1.165) is 12.8 Å². The average molecular weight is 171 g/mol. The number of hydroxylamine groups is 2. The molecule has 0 aromatic rings. The third-order valence-corrected chi connectivity index (χ3v) is 1.45. The number of amides is 1. The molecule has 0 saturated heterocycles. The molecule has 0 spiro atoms. The van der Waals surface area contributed by atoms with Crippen molar-refractivity contribution in [1.29, 1.82) is 0 Å². The van der Waals surface area contributed by atoms with E-state index in [-0.39, 0.29) is 5.91 Å². The van der Waals surface area contributed by atoms with Gasteiger partial charge in [-0.2, -0.15) is 0 Å². The van der Waals surface area contributed by atoms with Crippen LogP contribution in [-0.2, 0) is 9.63 Å². The summed E-state index contributed by atoms with van der Waals surface area (Å²) in [5, 5.41) is 1.32. The Kier molecular flexibility index (Phi) is 6.38. The highest BCUT2D eigenvalue weighted by molar-refractivity contribution is 5.86. The van der Waals surface area contributed by atoms with Gasteiger partial charge >= 0.3 is 0 Å². The molecular weight excluding hydrogens is 154 g/mol. The number of nitrogens with zero attached hydrogens (tertiary/aromatic N) is 1. The molecule has 1 amide bonds. The van der Waals surface area contributed by atoms with Gasteiger partial charge < -0.3 is 0 Å². The maximum Gasteiger partial charge on any atom is 0.269 e. The lowest BCUT2D eigenvalue weighted by molar-refractivity contribution is -0.180. The molecule has 12 heavy (non-hydrogen) atoms. The van der Waals surface area contributed by atoms with Gasteiger partial charge in [0.1, 0.15) is 0 Å². The summed E-state index contributed by atoms with van der Waals surface area (Å²) in [6.07, 6.45) is 3.30. The minimum Gasteiger partial charge on any atom is -0.271 e. The Bertz CT molecular complexity index is 145. The lowest BCUT2D eigenvalue weighted by Crippen LogP contribution is -2.29. The average Bonchev–Trinajstić information content (AvgIpc) is 2.11. The van der Waals surface area contributed by atoms with Gasteiger partial charge in [-0.25, -0.2) is 5.06 Å². The lowest BCUT2D eigenvalue weighted by Gasteiger charge is -2.17. The smallest absolute Gasteiger partial charge is 0.269 e. The number of unbranched alkanes of at least 4 members (excludes halogenated alkanes) is 1. The Balaban J connectivity index is 3.67. The predicted octanol–water partition coefficient (Wildman–Crippen LogP) is 1.75. The van der Waals surface area contributed by atoms with Crippen molar-refractivity contribution in [3.05, 3.63) is 12.7 Å². The number of hydrogen-bond acceptors (Lipinski definition) is 2. The van der Waals surface area contributed by atoms with E-state index in [0.29, 0.717) is 13.2 Å². The summed E-state index contributed by atoms with van der Waals surface area (Å²) in [6.45, 7) is 8.50. The summed E-state index contributed by atoms with van der Waals surface area (Å²) in [4.78, 5) is 16.2. The molecule has 0 rings (SSSR count). The van der Waals surface area contributed by atoms with E-state index in [2.05, 4.69) is 13.5 Å². The number of hydrogen-bond donors (Lipinski definition) is 0. The van der Waals surface area contributed by atoms with Crippen molar-refractivity contribution in [2.24, 2.45) is 0 Å². The molecule has 3 nitrogen and oxygen atoms in total. The van der Waals surface area contributed by atoms with Gasteiger partial charge in [-0.1, -0.05) is 19.9 Å². The molecule has 0 fully saturated rings. The third kappa shape index (κ3) is 4.13. The van der Waals surface area contributed by atoms with Crippen LogP contribution in [0.25, 0.3) is 0 Å². The fourth-order valence-electron chi connectivity index (χ4n) is 0.732. The van der Waals surface area contributed by atoms with Crippen LogP contribution < -0.4 is 0 Å². The van der Waals surface area contributed by atoms with E-state index in [9.17, 15) is 4.79 Å². The zero-order chi connectivity index (χ0) is 9.40. The van der Waals surface area contributed by atoms with Crippen molar-refractivity contribution in [2.75, 3.05) is 13.2 Å². The second kappa shape index (κ2) is 6.85. The van der Waals surface area contributed by atoms with Gasteiger partial charge in [-0.05, 0) is 19.4 Å². The van der Waals surface area contributed by atoms with Crippen LogP contribution in [-0.4, -0.2) is 24.1 Å². The molecular formula is C9H17NO2.